The van der Waals surface area contributed by atoms with Crippen molar-refractivity contribution >= 4 is 0 Å². The maximum atomic E-state index is 10.1. The van der Waals surface area contributed by atoms with Gasteiger partial charge in [-0.05, 0) is 38.1 Å². The van der Waals surface area contributed by atoms with Gasteiger partial charge in [0.15, 0.2) is 5.79 Å². The van der Waals surface area contributed by atoms with Gasteiger partial charge >= 0.3 is 0 Å². The quantitative estimate of drug-likeness (QED) is 0.632. The van der Waals surface area contributed by atoms with Crippen molar-refractivity contribution in [1.82, 2.24) is 5.32 Å². The fourth-order valence-electron chi connectivity index (χ4n) is 3.74. The van der Waals surface area contributed by atoms with Crippen molar-refractivity contribution in [3.05, 3.63) is 0 Å². The van der Waals surface area contributed by atoms with Crippen molar-refractivity contribution < 1.29 is 9.84 Å². The van der Waals surface area contributed by atoms with E-state index in [9.17, 15) is 5.11 Å². The summed E-state index contributed by atoms with van der Waals surface area (Å²) in [5.41, 5.74) is -0.196. The Balaban J connectivity index is 1.95. The third-order valence-corrected chi connectivity index (χ3v) is 3.96. The third kappa shape index (κ3) is 1.07. The number of nitrogens with one attached hydrogen (secondary N) is 1. The van der Waals surface area contributed by atoms with Gasteiger partial charge in [-0.25, -0.2) is 0 Å². The molecule has 0 spiro atoms. The van der Waals surface area contributed by atoms with Gasteiger partial charge in [-0.15, -0.1) is 0 Å². The van der Waals surface area contributed by atoms with Gasteiger partial charge in [0.25, 0.3) is 0 Å². The smallest absolute Gasteiger partial charge is 0.168 e. The highest BCUT2D eigenvalue weighted by atomic mass is 16.7. The monoisotopic (exact) mass is 183 g/mol. The van der Waals surface area contributed by atoms with Crippen LogP contribution in [0.2, 0.25) is 0 Å². The largest absolute Gasteiger partial charge is 0.365 e. The lowest BCUT2D eigenvalue weighted by Crippen LogP contribution is -2.65. The van der Waals surface area contributed by atoms with Crippen molar-refractivity contribution in [1.29, 1.82) is 0 Å². The van der Waals surface area contributed by atoms with E-state index in [1.54, 1.807) is 0 Å². The Kier molecular flexibility index (Phi) is 1.43. The lowest BCUT2D eigenvalue weighted by Gasteiger charge is -2.59. The summed E-state index contributed by atoms with van der Waals surface area (Å²) in [6.07, 6.45) is 5.18. The lowest BCUT2D eigenvalue weighted by molar-refractivity contribution is -0.362. The Morgan fingerprint density at radius 3 is 2.31 bits per heavy atom. The summed E-state index contributed by atoms with van der Waals surface area (Å²) in [5, 5.41) is 13.4. The number of rotatable bonds is 1. The molecule has 13 heavy (non-hydrogen) atoms. The molecule has 4 rings (SSSR count). The molecule has 2 aliphatic carbocycles. The van der Waals surface area contributed by atoms with Crippen LogP contribution in [0.25, 0.3) is 0 Å². The Bertz CT molecular complexity index is 227. The second-order valence-corrected chi connectivity index (χ2v) is 5.08. The lowest BCUT2D eigenvalue weighted by atomic mass is 9.63. The molecule has 4 fully saturated rings. The molecule has 2 aliphatic heterocycles. The van der Waals surface area contributed by atoms with Crippen molar-refractivity contribution in [2.24, 2.45) is 11.8 Å². The summed E-state index contributed by atoms with van der Waals surface area (Å²) >= 11 is 0. The second kappa shape index (κ2) is 2.27. The zero-order valence-electron chi connectivity index (χ0n) is 8.05. The molecule has 0 amide bonds. The second-order valence-electron chi connectivity index (χ2n) is 5.08. The normalized spacial score (nSPS) is 58.6. The van der Waals surface area contributed by atoms with Crippen molar-refractivity contribution in [2.75, 3.05) is 7.05 Å². The first-order chi connectivity index (χ1) is 6.13. The first-order valence-electron chi connectivity index (χ1n) is 5.25. The Labute approximate surface area is 78.5 Å². The van der Waals surface area contributed by atoms with Crippen LogP contribution >= 0.6 is 0 Å². The van der Waals surface area contributed by atoms with E-state index in [2.05, 4.69) is 5.32 Å². The first-order valence-corrected chi connectivity index (χ1v) is 5.25. The molecular weight excluding hydrogens is 166 g/mol. The molecule has 0 aromatic rings. The van der Waals surface area contributed by atoms with Crippen molar-refractivity contribution in [3.63, 3.8) is 0 Å². The van der Waals surface area contributed by atoms with Gasteiger partial charge in [0, 0.05) is 12.8 Å². The minimum Gasteiger partial charge on any atom is -0.365 e. The van der Waals surface area contributed by atoms with Gasteiger partial charge in [0.2, 0.25) is 0 Å². The van der Waals surface area contributed by atoms with Gasteiger partial charge in [-0.1, -0.05) is 0 Å². The van der Waals surface area contributed by atoms with Gasteiger partial charge in [-0.3, -0.25) is 5.32 Å². The summed E-state index contributed by atoms with van der Waals surface area (Å²) in [5.74, 6) is 0.560. The fraction of sp³-hybridized carbons (Fsp3) is 1.00. The molecule has 0 radical (unpaired) electrons. The topological polar surface area (TPSA) is 41.5 Å². The Hall–Kier alpha value is -0.120. The summed E-state index contributed by atoms with van der Waals surface area (Å²) in [4.78, 5) is 0. The van der Waals surface area contributed by atoms with E-state index in [-0.39, 0.29) is 5.72 Å². The average molecular weight is 183 g/mol. The predicted octanol–water partition coefficient (Wildman–Crippen LogP) is 0.831. The number of ether oxygens (including phenoxy) is 1. The van der Waals surface area contributed by atoms with Crippen LogP contribution in [-0.4, -0.2) is 23.7 Å². The van der Waals surface area contributed by atoms with E-state index >= 15 is 0 Å². The van der Waals surface area contributed by atoms with Gasteiger partial charge in [0.1, 0.15) is 5.72 Å². The molecule has 3 nitrogen and oxygen atoms in total. The highest BCUT2D eigenvalue weighted by Gasteiger charge is 2.57. The number of hydrogen-bond acceptors (Lipinski definition) is 3. The van der Waals surface area contributed by atoms with Crippen molar-refractivity contribution in [3.8, 4) is 0 Å². The van der Waals surface area contributed by atoms with Gasteiger partial charge < -0.3 is 9.84 Å². The molecule has 2 atom stereocenters. The molecule has 3 heteroatoms. The molecule has 0 aromatic heterocycles. The Morgan fingerprint density at radius 2 is 1.85 bits per heavy atom. The van der Waals surface area contributed by atoms with Crippen LogP contribution < -0.4 is 5.32 Å². The molecular formula is C10H17NO2. The maximum Gasteiger partial charge on any atom is 0.168 e. The van der Waals surface area contributed by atoms with Crippen LogP contribution in [0, 0.1) is 11.8 Å². The van der Waals surface area contributed by atoms with E-state index in [0.717, 1.165) is 25.7 Å². The average Bonchev–Trinajstić information content (AvgIpc) is 1.99. The van der Waals surface area contributed by atoms with Crippen LogP contribution in [-0.2, 0) is 4.74 Å². The molecule has 2 saturated carbocycles. The Morgan fingerprint density at radius 1 is 1.23 bits per heavy atom. The van der Waals surface area contributed by atoms with Gasteiger partial charge in [-0.2, -0.15) is 0 Å². The van der Waals surface area contributed by atoms with Gasteiger partial charge in [0.05, 0.1) is 0 Å². The van der Waals surface area contributed by atoms with E-state index in [1.165, 1.54) is 6.42 Å². The zero-order chi connectivity index (χ0) is 9.10. The molecule has 2 unspecified atom stereocenters. The standard InChI is InChI=1S/C10H17NO2/c1-11-9-3-7-2-8(4-9)6-10(12,5-7)13-9/h7-8,11-12H,2-6H2,1H3. The molecule has 2 saturated heterocycles. The van der Waals surface area contributed by atoms with Crippen LogP contribution in [0.15, 0.2) is 0 Å². The van der Waals surface area contributed by atoms with E-state index in [4.69, 9.17) is 4.74 Å². The van der Waals surface area contributed by atoms with Crippen LogP contribution in [0.1, 0.15) is 32.1 Å². The van der Waals surface area contributed by atoms with Crippen LogP contribution in [0.5, 0.6) is 0 Å². The van der Waals surface area contributed by atoms with E-state index in [1.807, 2.05) is 7.05 Å². The van der Waals surface area contributed by atoms with E-state index < -0.39 is 5.79 Å². The molecule has 4 bridgehead atoms. The number of aliphatic hydroxyl groups is 1. The molecule has 4 aliphatic rings. The van der Waals surface area contributed by atoms with Crippen LogP contribution in [0.4, 0.5) is 0 Å². The fourth-order valence-corrected chi connectivity index (χ4v) is 3.74. The first kappa shape index (κ1) is 8.21. The minimum atomic E-state index is -0.799. The summed E-state index contributed by atoms with van der Waals surface area (Å²) < 4.78 is 5.79. The predicted molar refractivity (Wildman–Crippen MR) is 47.9 cm³/mol. The minimum absolute atomic E-state index is 0.196. The van der Waals surface area contributed by atoms with E-state index in [0.29, 0.717) is 11.8 Å². The molecule has 2 N–H and O–H groups in total. The highest BCUT2D eigenvalue weighted by Crippen LogP contribution is 2.55. The summed E-state index contributed by atoms with van der Waals surface area (Å²) in [6.45, 7) is 0. The molecule has 2 heterocycles. The molecule has 74 valence electrons. The summed E-state index contributed by atoms with van der Waals surface area (Å²) in [6, 6.07) is 0. The summed E-state index contributed by atoms with van der Waals surface area (Å²) in [7, 11) is 1.94. The zero-order valence-corrected chi connectivity index (χ0v) is 8.05. The third-order valence-electron chi connectivity index (χ3n) is 3.96. The maximum absolute atomic E-state index is 10.1. The van der Waals surface area contributed by atoms with Crippen LogP contribution in [0.3, 0.4) is 0 Å². The number of hydrogen-bond donors (Lipinski definition) is 2. The SMILES string of the molecule is CNC12CC3CC(CC(O)(C3)O1)C2. The molecule has 0 aromatic carbocycles. The highest BCUT2D eigenvalue weighted by molar-refractivity contribution is 5.02. The van der Waals surface area contributed by atoms with Crippen molar-refractivity contribution in [2.45, 2.75) is 43.6 Å².